The van der Waals surface area contributed by atoms with Crippen molar-refractivity contribution in [2.75, 3.05) is 0 Å². The number of benzene rings is 2. The molecule has 2 aliphatic heterocycles. The Bertz CT molecular complexity index is 1210. The van der Waals surface area contributed by atoms with Gasteiger partial charge in [0.2, 0.25) is 11.4 Å². The van der Waals surface area contributed by atoms with E-state index >= 15 is 0 Å². The first-order valence-electron chi connectivity index (χ1n) is 12.7. The van der Waals surface area contributed by atoms with E-state index in [0.717, 1.165) is 35.4 Å². The predicted molar refractivity (Wildman–Crippen MR) is 141 cm³/mol. The van der Waals surface area contributed by atoms with Gasteiger partial charge in [-0.3, -0.25) is 0 Å². The quantitative estimate of drug-likeness (QED) is 0.238. The molecule has 0 radical (unpaired) electrons. The summed E-state index contributed by atoms with van der Waals surface area (Å²) in [6, 6.07) is 18.3. The topological polar surface area (TPSA) is 47.8 Å². The van der Waals surface area contributed by atoms with E-state index in [1.807, 2.05) is 38.1 Å². The van der Waals surface area contributed by atoms with Crippen molar-refractivity contribution in [3.8, 4) is 0 Å². The van der Waals surface area contributed by atoms with E-state index in [-0.39, 0.29) is 50.0 Å². The van der Waals surface area contributed by atoms with Crippen molar-refractivity contribution >= 4 is 6.03 Å². The average Bonchev–Trinajstić information content (AvgIpc) is 3.34. The smallest absolute Gasteiger partial charge is 0.178 e. The van der Waals surface area contributed by atoms with Gasteiger partial charge in [-0.15, -0.1) is 15.9 Å². The Morgan fingerprint density at radius 2 is 1.16 bits per heavy atom. The number of urea groups is 1. The zero-order valence-corrected chi connectivity index (χ0v) is 25.5. The van der Waals surface area contributed by atoms with E-state index in [2.05, 4.69) is 77.9 Å². The Hall–Kier alpha value is -2.52. The maximum atomic E-state index is 13.5. The van der Waals surface area contributed by atoms with Gasteiger partial charge in [-0.1, -0.05) is 41.5 Å². The van der Waals surface area contributed by atoms with Crippen molar-refractivity contribution in [3.05, 3.63) is 94.3 Å². The molecule has 2 aliphatic rings. The van der Waals surface area contributed by atoms with Crippen LogP contribution >= 0.6 is 0 Å². The van der Waals surface area contributed by atoms with Crippen LogP contribution in [0.3, 0.4) is 0 Å². The first-order valence-corrected chi connectivity index (χ1v) is 12.7. The summed E-state index contributed by atoms with van der Waals surface area (Å²) in [6.45, 7) is 17.2. The minimum absolute atomic E-state index is 0. The Morgan fingerprint density at radius 1 is 0.784 bits per heavy atom. The summed E-state index contributed by atoms with van der Waals surface area (Å²) in [5, 5.41) is 9.46. The van der Waals surface area contributed by atoms with Gasteiger partial charge in [0.05, 0.1) is 0 Å². The standard InChI is InChI=1S/C31H38N4O.Pt/c1-21-15-27(25-13-9-11-23(17-25)19-30(3,4)5)32-34(21)29(36)35-22(2)16-28(33-35)26-14-10-12-24(18-26)20-31(6,7)8;/h9-12,15-18,27-28H,19-20H2,1-8H3;/q;+2. The number of azo groups is 4. The van der Waals surface area contributed by atoms with Crippen LogP contribution in [0.4, 0.5) is 4.79 Å². The molecule has 0 fully saturated rings. The molecule has 5 nitrogen and oxygen atoms in total. The molecule has 2 unspecified atom stereocenters. The van der Waals surface area contributed by atoms with Gasteiger partial charge in [-0.05, 0) is 33.9 Å². The summed E-state index contributed by atoms with van der Waals surface area (Å²) in [5.41, 5.74) is 6.43. The zero-order chi connectivity index (χ0) is 26.3. The van der Waals surface area contributed by atoms with E-state index in [1.54, 1.807) is 0 Å². The third-order valence-corrected chi connectivity index (χ3v) is 6.19. The summed E-state index contributed by atoms with van der Waals surface area (Å²) < 4.78 is 2.94. The van der Waals surface area contributed by atoms with Gasteiger partial charge in [0.15, 0.2) is 0 Å². The summed E-state index contributed by atoms with van der Waals surface area (Å²) in [4.78, 5) is 13.5. The number of hydrogen-bond acceptors (Lipinski definition) is 3. The van der Waals surface area contributed by atoms with Crippen LogP contribution in [-0.2, 0) is 33.9 Å². The maximum absolute atomic E-state index is 13.5. The average molecular weight is 678 g/mol. The van der Waals surface area contributed by atoms with Crippen molar-refractivity contribution < 1.29 is 35.3 Å². The van der Waals surface area contributed by atoms with E-state index < -0.39 is 0 Å². The molecule has 2 aromatic carbocycles. The van der Waals surface area contributed by atoms with Crippen LogP contribution in [0.5, 0.6) is 0 Å². The van der Waals surface area contributed by atoms with Crippen LogP contribution in [0.2, 0.25) is 0 Å². The SMILES string of the molecule is CC1=CC(c2[c-]ccc(CC(C)(C)C)c2)N=[N+]1C(=O)[N+]1=NC(c2[c-]ccc(CC(C)(C)C)c2)C=C1C.[Pt+2]. The van der Waals surface area contributed by atoms with Gasteiger partial charge in [0, 0.05) is 35.4 Å². The first-order chi connectivity index (χ1) is 16.8. The third-order valence-electron chi connectivity index (χ3n) is 6.19. The molecular formula is C31H38N4OPt+2. The van der Waals surface area contributed by atoms with Gasteiger partial charge < -0.3 is 0 Å². The van der Waals surface area contributed by atoms with E-state index in [0.29, 0.717) is 0 Å². The van der Waals surface area contributed by atoms with Gasteiger partial charge >= 0.3 is 27.1 Å². The van der Waals surface area contributed by atoms with Crippen molar-refractivity contribution in [1.29, 1.82) is 0 Å². The summed E-state index contributed by atoms with van der Waals surface area (Å²) in [5.74, 6) is 0. The number of carbonyl (C=O) groups excluding carboxylic acids is 1. The number of amides is 2. The van der Waals surface area contributed by atoms with Crippen LogP contribution in [0.25, 0.3) is 0 Å². The van der Waals surface area contributed by atoms with Crippen LogP contribution < -0.4 is 0 Å². The molecule has 0 saturated carbocycles. The summed E-state index contributed by atoms with van der Waals surface area (Å²) in [6.07, 6.45) is 5.97. The summed E-state index contributed by atoms with van der Waals surface area (Å²) in [7, 11) is 0. The molecule has 196 valence electrons. The molecule has 0 bridgehead atoms. The Labute approximate surface area is 236 Å². The fourth-order valence-electron chi connectivity index (χ4n) is 4.75. The van der Waals surface area contributed by atoms with Crippen LogP contribution in [-0.4, -0.2) is 15.4 Å². The number of rotatable bonds is 4. The molecule has 0 N–H and O–H groups in total. The molecule has 0 saturated heterocycles. The normalized spacial score (nSPS) is 19.6. The molecule has 37 heavy (non-hydrogen) atoms. The molecular weight excluding hydrogens is 639 g/mol. The molecule has 0 aliphatic carbocycles. The van der Waals surface area contributed by atoms with Crippen molar-refractivity contribution in [1.82, 2.24) is 0 Å². The molecule has 0 spiro atoms. The monoisotopic (exact) mass is 677 g/mol. The minimum Gasteiger partial charge on any atom is -0.178 e. The molecule has 2 heterocycles. The van der Waals surface area contributed by atoms with Gasteiger partial charge in [0.25, 0.3) is 0 Å². The van der Waals surface area contributed by atoms with E-state index in [1.165, 1.54) is 20.5 Å². The van der Waals surface area contributed by atoms with Crippen LogP contribution in [0.1, 0.15) is 89.7 Å². The molecule has 6 heteroatoms. The van der Waals surface area contributed by atoms with Gasteiger partial charge in [-0.25, -0.2) is 0 Å². The zero-order valence-electron chi connectivity index (χ0n) is 23.2. The Morgan fingerprint density at radius 3 is 1.51 bits per heavy atom. The second-order valence-corrected chi connectivity index (χ2v) is 12.4. The largest absolute Gasteiger partial charge is 2.00 e. The second kappa shape index (κ2) is 11.1. The van der Waals surface area contributed by atoms with Crippen molar-refractivity contribution in [3.63, 3.8) is 0 Å². The Kier molecular flexibility index (Phi) is 8.69. The fourth-order valence-corrected chi connectivity index (χ4v) is 4.75. The molecule has 2 amide bonds. The van der Waals surface area contributed by atoms with E-state index in [9.17, 15) is 4.79 Å². The van der Waals surface area contributed by atoms with Crippen LogP contribution in [0.15, 0.2) is 70.2 Å². The number of carbonyl (C=O) groups is 1. The minimum atomic E-state index is -0.265. The van der Waals surface area contributed by atoms with Crippen LogP contribution in [0, 0.1) is 23.0 Å². The summed E-state index contributed by atoms with van der Waals surface area (Å²) >= 11 is 0. The predicted octanol–water partition coefficient (Wildman–Crippen LogP) is 8.13. The van der Waals surface area contributed by atoms with Gasteiger partial charge in [0.1, 0.15) is 12.1 Å². The molecule has 4 rings (SSSR count). The number of allylic oxidation sites excluding steroid dienone is 2. The Balaban J connectivity index is 0.00000380. The number of hydrogen-bond donors (Lipinski definition) is 0. The number of nitrogens with zero attached hydrogens (tertiary/aromatic N) is 4. The van der Waals surface area contributed by atoms with Crippen molar-refractivity contribution in [2.24, 2.45) is 21.1 Å². The molecule has 2 aromatic rings. The van der Waals surface area contributed by atoms with E-state index in [4.69, 9.17) is 10.2 Å². The third kappa shape index (κ3) is 7.29. The maximum Gasteiger partial charge on any atom is 2.00 e. The van der Waals surface area contributed by atoms with Crippen molar-refractivity contribution in [2.45, 2.75) is 80.3 Å². The fraction of sp³-hybridized carbons (Fsp3) is 0.452. The molecule has 0 aromatic heterocycles. The molecule has 2 atom stereocenters. The second-order valence-electron chi connectivity index (χ2n) is 12.4. The van der Waals surface area contributed by atoms with Gasteiger partial charge in [-0.2, -0.15) is 59.7 Å². The first kappa shape index (κ1) is 29.0.